The molecule has 4 heteroatoms. The third-order valence-corrected chi connectivity index (χ3v) is 2.94. The average molecular weight is 260 g/mol. The highest BCUT2D eigenvalue weighted by Crippen LogP contribution is 2.21. The summed E-state index contributed by atoms with van der Waals surface area (Å²) in [6.07, 6.45) is 1.05. The number of nitriles is 1. The molecule has 0 unspecified atom stereocenters. The maximum atomic E-state index is 10.7. The molecule has 0 fully saturated rings. The van der Waals surface area contributed by atoms with Gasteiger partial charge in [-0.05, 0) is 24.5 Å². The van der Waals surface area contributed by atoms with Crippen LogP contribution >= 0.6 is 0 Å². The summed E-state index contributed by atoms with van der Waals surface area (Å²) in [5.74, 6) is -0.273. The van der Waals surface area contributed by atoms with Crippen LogP contribution in [0, 0.1) is 17.2 Å². The fraction of sp³-hybridized carbons (Fsp3) is 0.467. The van der Waals surface area contributed by atoms with Crippen molar-refractivity contribution < 1.29 is 9.90 Å². The first-order chi connectivity index (χ1) is 9.04. The van der Waals surface area contributed by atoms with E-state index in [2.05, 4.69) is 19.9 Å². The summed E-state index contributed by atoms with van der Waals surface area (Å²) < 4.78 is 0. The van der Waals surface area contributed by atoms with Crippen molar-refractivity contribution in [2.45, 2.75) is 26.7 Å². The number of rotatable bonds is 7. The number of carboxylic acid groups (broad SMARTS) is 1. The Morgan fingerprint density at radius 2 is 2.05 bits per heavy atom. The van der Waals surface area contributed by atoms with Crippen molar-refractivity contribution >= 4 is 11.7 Å². The Morgan fingerprint density at radius 3 is 2.63 bits per heavy atom. The fourth-order valence-electron chi connectivity index (χ4n) is 1.84. The number of carboxylic acids is 1. The van der Waals surface area contributed by atoms with Crippen molar-refractivity contribution in [3.05, 3.63) is 29.8 Å². The van der Waals surface area contributed by atoms with Crippen LogP contribution in [0.15, 0.2) is 24.3 Å². The van der Waals surface area contributed by atoms with Gasteiger partial charge in [0.1, 0.15) is 6.07 Å². The summed E-state index contributed by atoms with van der Waals surface area (Å²) in [7, 11) is 0. The fourth-order valence-corrected chi connectivity index (χ4v) is 1.84. The van der Waals surface area contributed by atoms with Gasteiger partial charge in [0.15, 0.2) is 0 Å². The minimum absolute atomic E-state index is 0.0812. The van der Waals surface area contributed by atoms with Crippen molar-refractivity contribution in [1.29, 1.82) is 5.26 Å². The molecule has 1 aromatic carbocycles. The van der Waals surface area contributed by atoms with E-state index >= 15 is 0 Å². The van der Waals surface area contributed by atoms with Gasteiger partial charge in [0, 0.05) is 13.1 Å². The van der Waals surface area contributed by atoms with Crippen LogP contribution in [-0.4, -0.2) is 24.2 Å². The van der Waals surface area contributed by atoms with Gasteiger partial charge in [-0.2, -0.15) is 5.26 Å². The average Bonchev–Trinajstić information content (AvgIpc) is 2.38. The number of hydrogen-bond donors (Lipinski definition) is 1. The summed E-state index contributed by atoms with van der Waals surface area (Å²) in [6, 6.07) is 9.49. The zero-order chi connectivity index (χ0) is 14.3. The van der Waals surface area contributed by atoms with Crippen molar-refractivity contribution in [2.75, 3.05) is 18.0 Å². The summed E-state index contributed by atoms with van der Waals surface area (Å²) >= 11 is 0. The van der Waals surface area contributed by atoms with Crippen LogP contribution in [0.4, 0.5) is 5.69 Å². The molecule has 1 rings (SSSR count). The lowest BCUT2D eigenvalue weighted by Gasteiger charge is -2.26. The van der Waals surface area contributed by atoms with E-state index in [4.69, 9.17) is 10.4 Å². The standard InChI is InChI=1S/C15H20N2O2/c1-12(2)7-9-17(10-8-15(18)19)14-6-4-3-5-13(14)11-16/h3-6,12H,7-10H2,1-2H3,(H,18,19). The number of nitrogens with zero attached hydrogens (tertiary/aromatic N) is 2. The van der Waals surface area contributed by atoms with E-state index < -0.39 is 5.97 Å². The summed E-state index contributed by atoms with van der Waals surface area (Å²) in [4.78, 5) is 12.7. The Morgan fingerprint density at radius 1 is 1.37 bits per heavy atom. The highest BCUT2D eigenvalue weighted by molar-refractivity contribution is 5.68. The van der Waals surface area contributed by atoms with Crippen LogP contribution in [0.1, 0.15) is 32.3 Å². The van der Waals surface area contributed by atoms with Crippen LogP contribution in [-0.2, 0) is 4.79 Å². The first-order valence-electron chi connectivity index (χ1n) is 6.50. The molecule has 0 heterocycles. The molecule has 4 nitrogen and oxygen atoms in total. The topological polar surface area (TPSA) is 64.3 Å². The minimum Gasteiger partial charge on any atom is -0.481 e. The molecule has 0 saturated heterocycles. The van der Waals surface area contributed by atoms with Gasteiger partial charge < -0.3 is 10.0 Å². The maximum absolute atomic E-state index is 10.7. The van der Waals surface area contributed by atoms with E-state index in [1.54, 1.807) is 6.07 Å². The highest BCUT2D eigenvalue weighted by Gasteiger charge is 2.12. The Balaban J connectivity index is 2.87. The van der Waals surface area contributed by atoms with E-state index in [0.717, 1.165) is 18.7 Å². The Labute approximate surface area is 114 Å². The van der Waals surface area contributed by atoms with E-state index in [1.165, 1.54) is 0 Å². The van der Waals surface area contributed by atoms with Crippen molar-refractivity contribution in [2.24, 2.45) is 5.92 Å². The predicted octanol–water partition coefficient (Wildman–Crippen LogP) is 2.89. The molecule has 0 bridgehead atoms. The molecule has 0 spiro atoms. The zero-order valence-electron chi connectivity index (χ0n) is 11.5. The minimum atomic E-state index is -0.816. The normalized spacial score (nSPS) is 10.2. The Hall–Kier alpha value is -2.02. The Kier molecular flexibility index (Phi) is 5.87. The van der Waals surface area contributed by atoms with Gasteiger partial charge in [-0.1, -0.05) is 26.0 Å². The third kappa shape index (κ3) is 5.01. The molecular formula is C15H20N2O2. The van der Waals surface area contributed by atoms with Crippen molar-refractivity contribution in [1.82, 2.24) is 0 Å². The smallest absolute Gasteiger partial charge is 0.305 e. The highest BCUT2D eigenvalue weighted by atomic mass is 16.4. The van der Waals surface area contributed by atoms with Gasteiger partial charge >= 0.3 is 5.97 Å². The molecule has 0 amide bonds. The number of anilines is 1. The van der Waals surface area contributed by atoms with Crippen LogP contribution in [0.25, 0.3) is 0 Å². The largest absolute Gasteiger partial charge is 0.481 e. The molecule has 0 aliphatic carbocycles. The lowest BCUT2D eigenvalue weighted by Crippen LogP contribution is -2.28. The van der Waals surface area contributed by atoms with E-state index in [9.17, 15) is 4.79 Å². The van der Waals surface area contributed by atoms with Gasteiger partial charge in [0.25, 0.3) is 0 Å². The van der Waals surface area contributed by atoms with Crippen molar-refractivity contribution in [3.8, 4) is 6.07 Å². The lowest BCUT2D eigenvalue weighted by molar-refractivity contribution is -0.136. The number of aliphatic carboxylic acids is 1. The number of carbonyl (C=O) groups is 1. The van der Waals surface area contributed by atoms with E-state index in [0.29, 0.717) is 18.0 Å². The van der Waals surface area contributed by atoms with Gasteiger partial charge in [0.2, 0.25) is 0 Å². The molecular weight excluding hydrogens is 240 g/mol. The molecule has 0 aliphatic heterocycles. The quantitative estimate of drug-likeness (QED) is 0.818. The van der Waals surface area contributed by atoms with Crippen LogP contribution in [0.5, 0.6) is 0 Å². The molecule has 0 aromatic heterocycles. The molecule has 0 aliphatic rings. The van der Waals surface area contributed by atoms with Crippen LogP contribution < -0.4 is 4.90 Å². The predicted molar refractivity (Wildman–Crippen MR) is 75.1 cm³/mol. The summed E-state index contributed by atoms with van der Waals surface area (Å²) in [5.41, 5.74) is 1.42. The second-order valence-corrected chi connectivity index (χ2v) is 4.94. The maximum Gasteiger partial charge on any atom is 0.305 e. The number of hydrogen-bond acceptors (Lipinski definition) is 3. The number of benzene rings is 1. The van der Waals surface area contributed by atoms with Gasteiger partial charge in [-0.15, -0.1) is 0 Å². The zero-order valence-corrected chi connectivity index (χ0v) is 11.5. The van der Waals surface area contributed by atoms with Gasteiger partial charge in [-0.25, -0.2) is 0 Å². The van der Waals surface area contributed by atoms with Crippen LogP contribution in [0.2, 0.25) is 0 Å². The SMILES string of the molecule is CC(C)CCN(CCC(=O)O)c1ccccc1C#N. The van der Waals surface area contributed by atoms with E-state index in [1.807, 2.05) is 23.1 Å². The summed E-state index contributed by atoms with van der Waals surface area (Å²) in [6.45, 7) is 5.46. The lowest BCUT2D eigenvalue weighted by atomic mass is 10.1. The monoisotopic (exact) mass is 260 g/mol. The summed E-state index contributed by atoms with van der Waals surface area (Å²) in [5, 5.41) is 18.0. The number of para-hydroxylation sites is 1. The third-order valence-electron chi connectivity index (χ3n) is 2.94. The Bertz CT molecular complexity index is 463. The molecule has 1 aromatic rings. The molecule has 102 valence electrons. The first-order valence-corrected chi connectivity index (χ1v) is 6.50. The first kappa shape index (κ1) is 15.0. The molecule has 0 saturated carbocycles. The van der Waals surface area contributed by atoms with E-state index in [-0.39, 0.29) is 6.42 Å². The van der Waals surface area contributed by atoms with Crippen molar-refractivity contribution in [3.63, 3.8) is 0 Å². The van der Waals surface area contributed by atoms with Gasteiger partial charge in [-0.3, -0.25) is 4.79 Å². The molecule has 19 heavy (non-hydrogen) atoms. The second kappa shape index (κ2) is 7.42. The van der Waals surface area contributed by atoms with Gasteiger partial charge in [0.05, 0.1) is 17.7 Å². The molecule has 0 atom stereocenters. The second-order valence-electron chi connectivity index (χ2n) is 4.94. The molecule has 0 radical (unpaired) electrons. The van der Waals surface area contributed by atoms with Crippen LogP contribution in [0.3, 0.4) is 0 Å². The molecule has 1 N–H and O–H groups in total.